The third-order valence-corrected chi connectivity index (χ3v) is 18.7. The maximum Gasteiger partial charge on any atom is 0.312 e. The van der Waals surface area contributed by atoms with E-state index in [1.165, 1.54) is 29.4 Å². The van der Waals surface area contributed by atoms with Crippen molar-refractivity contribution in [3.05, 3.63) is 186 Å². The molecule has 30 nitrogen and oxygen atoms in total. The van der Waals surface area contributed by atoms with E-state index in [-0.39, 0.29) is 104 Å². The average Bonchev–Trinajstić information content (AvgIpc) is 1.63. The van der Waals surface area contributed by atoms with Crippen LogP contribution in [-0.2, 0) is 77.3 Å². The Hall–Kier alpha value is -11.4. The maximum absolute atomic E-state index is 15.0. The molecule has 2 unspecified atom stereocenters. The van der Waals surface area contributed by atoms with Gasteiger partial charge in [-0.1, -0.05) is 54.6 Å². The number of carbonyl (C=O) groups excluding carboxylic acids is 10. The van der Waals surface area contributed by atoms with Crippen LogP contribution < -0.4 is 44.2 Å². The highest BCUT2D eigenvalue weighted by molar-refractivity contribution is 7.80. The number of para-hydroxylation sites is 1. The molecule has 0 spiro atoms. The summed E-state index contributed by atoms with van der Waals surface area (Å²) in [5.74, 6) is -3.31. The predicted octanol–water partition coefficient (Wildman–Crippen LogP) is 3.53. The predicted molar refractivity (Wildman–Crippen MR) is 417 cm³/mol. The third-order valence-electron chi connectivity index (χ3n) is 18.3. The summed E-state index contributed by atoms with van der Waals surface area (Å²) in [5.41, 5.74) is 32.3. The number of fused-ring (bicyclic) bond motifs is 3. The molecule has 570 valence electrons. The first-order chi connectivity index (χ1) is 52.2. The average molecular weight is 1510 g/mol. The van der Waals surface area contributed by atoms with E-state index in [4.69, 9.17) is 22.9 Å². The highest BCUT2D eigenvalue weighted by Crippen LogP contribution is 2.31. The van der Waals surface area contributed by atoms with Gasteiger partial charge in [-0.3, -0.25) is 53.3 Å². The number of aromatic nitrogens is 6. The van der Waals surface area contributed by atoms with E-state index in [1.54, 1.807) is 73.6 Å². The smallest absolute Gasteiger partial charge is 0.312 e. The van der Waals surface area contributed by atoms with Crippen LogP contribution in [0.4, 0.5) is 9.59 Å². The van der Waals surface area contributed by atoms with Crippen LogP contribution in [0.3, 0.4) is 0 Å². The minimum Gasteiger partial charge on any atom is -0.361 e. The largest absolute Gasteiger partial charge is 0.361 e. The van der Waals surface area contributed by atoms with Crippen LogP contribution in [-0.4, -0.2) is 227 Å². The summed E-state index contributed by atoms with van der Waals surface area (Å²) in [7, 11) is 0. The van der Waals surface area contributed by atoms with E-state index >= 15 is 0 Å². The Morgan fingerprint density at radius 1 is 0.407 bits per heavy atom. The Kier molecular flexibility index (Phi) is 30.6. The third kappa shape index (κ3) is 24.1. The van der Waals surface area contributed by atoms with Crippen molar-refractivity contribution in [3.63, 3.8) is 0 Å². The fraction of sp³-hybridized carbons (Fsp3) is 0.355. The minimum absolute atomic E-state index is 0.00450. The first-order valence-electron chi connectivity index (χ1n) is 35.7. The van der Waals surface area contributed by atoms with Gasteiger partial charge in [0.05, 0.1) is 38.3 Å². The summed E-state index contributed by atoms with van der Waals surface area (Å²) in [6.45, 7) is -1.49. The first kappa shape index (κ1) is 80.7. The molecule has 0 saturated carbocycles. The number of H-pyrrole nitrogens is 3. The van der Waals surface area contributed by atoms with Crippen molar-refractivity contribution in [1.82, 2.24) is 80.6 Å². The molecule has 12 amide bonds. The number of hydrogen-bond acceptors (Lipinski definition) is 17. The molecule has 0 aliphatic carbocycles. The molecule has 32 heteroatoms. The highest BCUT2D eigenvalue weighted by Gasteiger charge is 2.32. The molecule has 0 bridgehead atoms. The van der Waals surface area contributed by atoms with Crippen molar-refractivity contribution in [1.29, 1.82) is 0 Å². The van der Waals surface area contributed by atoms with Gasteiger partial charge in [-0.2, -0.15) is 25.3 Å². The summed E-state index contributed by atoms with van der Waals surface area (Å²) in [6, 6.07) is 26.5. The van der Waals surface area contributed by atoms with Gasteiger partial charge < -0.3 is 88.6 Å². The second-order valence-corrected chi connectivity index (χ2v) is 27.0. The van der Waals surface area contributed by atoms with Gasteiger partial charge in [-0.15, -0.1) is 0 Å². The van der Waals surface area contributed by atoms with E-state index < -0.39 is 97.6 Å². The number of carbonyl (C=O) groups is 10. The molecule has 15 N–H and O–H groups in total. The minimum atomic E-state index is -1.09. The van der Waals surface area contributed by atoms with Crippen molar-refractivity contribution in [2.75, 3.05) is 96.6 Å². The molecular formula is C76H94N20O10S2. The van der Waals surface area contributed by atoms with Gasteiger partial charge in [0.1, 0.15) is 13.1 Å². The van der Waals surface area contributed by atoms with Gasteiger partial charge in [-0.25, -0.2) is 9.59 Å². The van der Waals surface area contributed by atoms with Crippen LogP contribution in [0, 0.1) is 0 Å². The standard InChI is InChI=1S/C76H94N20O10S2/c77-62(12-6-25-86-75(79)105)73(103)93(48-72(102)95(43-52-9-4-23-82-37-52)49-69(99)91(45-67(97)84-27-32-107)29-19-56-39-88-64-14-2-1-11-59(56)64)31-21-58-41-89-65-18-16-54(34-61(58)65)55-15-17-60-57(40-90-66(60)35-55)20-30-92(47-71(101)94(46-68(98)85-28-33-108)42-51-8-3-22-81-36-51)70(100)50-96(44-53-10-5-24-83-38-53)74(104)63(78)13-7-26-87-76(80)106/h1-5,8-11,14-18,22-24,34-41,62-63,88-90,107-108H,6-7,12-13,19-21,25-33,42-50,77-78H2,(H,84,97)(H,85,98)(H3,79,86,105)(H3,80,87,106). The molecule has 9 rings (SSSR count). The quantitative estimate of drug-likeness (QED) is 0.0192. The number of nitrogens with zero attached hydrogens (tertiary/aromatic N) is 9. The summed E-state index contributed by atoms with van der Waals surface area (Å²) < 4.78 is 0. The van der Waals surface area contributed by atoms with Gasteiger partial charge in [0.15, 0.2) is 0 Å². The van der Waals surface area contributed by atoms with E-state index in [0.29, 0.717) is 47.5 Å². The van der Waals surface area contributed by atoms with Crippen LogP contribution in [0.25, 0.3) is 43.8 Å². The van der Waals surface area contributed by atoms with Crippen molar-refractivity contribution in [3.8, 4) is 11.1 Å². The summed E-state index contributed by atoms with van der Waals surface area (Å²) >= 11 is 8.46. The molecule has 3 aromatic carbocycles. The molecule has 0 aliphatic heterocycles. The maximum atomic E-state index is 15.0. The zero-order chi connectivity index (χ0) is 76.9. The van der Waals surface area contributed by atoms with Gasteiger partial charge in [0.25, 0.3) is 0 Å². The van der Waals surface area contributed by atoms with Crippen LogP contribution in [0.2, 0.25) is 0 Å². The highest BCUT2D eigenvalue weighted by atomic mass is 32.1. The van der Waals surface area contributed by atoms with Crippen LogP contribution >= 0.6 is 25.3 Å². The molecule has 0 aliphatic rings. The van der Waals surface area contributed by atoms with Crippen LogP contribution in [0.5, 0.6) is 0 Å². The summed E-state index contributed by atoms with van der Waals surface area (Å²) in [4.78, 5) is 169. The Labute approximate surface area is 636 Å². The summed E-state index contributed by atoms with van der Waals surface area (Å²) in [6.07, 6.45) is 16.9. The number of amides is 12. The first-order valence-corrected chi connectivity index (χ1v) is 36.9. The van der Waals surface area contributed by atoms with Gasteiger partial charge in [-0.05, 0) is 132 Å². The van der Waals surface area contributed by atoms with Gasteiger partial charge in [0, 0.05) is 165 Å². The van der Waals surface area contributed by atoms with Crippen molar-refractivity contribution >= 4 is 117 Å². The molecule has 0 fully saturated rings. The normalized spacial score (nSPS) is 11.7. The Bertz CT molecular complexity index is 4530. The van der Waals surface area contributed by atoms with E-state index in [9.17, 15) is 47.9 Å². The Morgan fingerprint density at radius 3 is 1.32 bits per heavy atom. The summed E-state index contributed by atoms with van der Waals surface area (Å²) in [5, 5.41) is 13.2. The van der Waals surface area contributed by atoms with Crippen LogP contribution in [0.15, 0.2) is 153 Å². The number of rotatable bonds is 42. The monoisotopic (exact) mass is 1510 g/mol. The topological polar surface area (TPSA) is 428 Å². The lowest BCUT2D eigenvalue weighted by atomic mass is 9.99. The number of aromatic amines is 3. The lowest BCUT2D eigenvalue weighted by Crippen LogP contribution is -2.51. The second-order valence-electron chi connectivity index (χ2n) is 26.2. The number of nitrogens with two attached hydrogens (primary N) is 4. The Balaban J connectivity index is 0.950. The van der Waals surface area contributed by atoms with Gasteiger partial charge >= 0.3 is 12.1 Å². The lowest BCUT2D eigenvalue weighted by molar-refractivity contribution is -0.146. The zero-order valence-corrected chi connectivity index (χ0v) is 61.9. The Morgan fingerprint density at radius 2 is 0.806 bits per heavy atom. The van der Waals surface area contributed by atoms with E-state index in [0.717, 1.165) is 60.5 Å². The second kappa shape index (κ2) is 41.0. The number of urea groups is 2. The molecule has 6 heterocycles. The number of thiol groups is 2. The molecular weight excluding hydrogens is 1420 g/mol. The fourth-order valence-corrected chi connectivity index (χ4v) is 12.8. The van der Waals surface area contributed by atoms with Crippen molar-refractivity contribution < 1.29 is 47.9 Å². The zero-order valence-electron chi connectivity index (χ0n) is 60.1. The fourth-order valence-electron chi connectivity index (χ4n) is 12.6. The van der Waals surface area contributed by atoms with E-state index in [2.05, 4.69) is 76.4 Å². The van der Waals surface area contributed by atoms with Gasteiger partial charge in [0.2, 0.25) is 47.3 Å². The SMILES string of the molecule is NC(=O)NCCCC(N)C(=O)N(CCc1c[nH]c2ccc(-c3ccc4c(CCN(CC(=O)N(CC(=O)NCCS)Cc5cccnc5)C(=O)CN(Cc5cccnc5)C(=O)C(N)CCCNC(N)=O)c[nH]c4c3)cc12)CC(=O)N(CC(=O)N(CCc1c[nH]c2ccccc12)CC(=O)NCCS)Cc1cccnc1. The molecule has 9 aromatic rings. The molecule has 0 saturated heterocycles. The number of benzene rings is 3. The number of primary amides is 2. The van der Waals surface area contributed by atoms with Crippen molar-refractivity contribution in [2.24, 2.45) is 22.9 Å². The van der Waals surface area contributed by atoms with E-state index in [1.807, 2.05) is 79.3 Å². The number of pyridine rings is 3. The van der Waals surface area contributed by atoms with Crippen molar-refractivity contribution in [2.45, 2.75) is 76.7 Å². The van der Waals surface area contributed by atoms with Crippen LogP contribution in [0.1, 0.15) is 59.1 Å². The lowest BCUT2D eigenvalue weighted by Gasteiger charge is -2.31. The molecule has 2 atom stereocenters. The molecule has 0 radical (unpaired) electrons. The number of hydrogen-bond donors (Lipinski definition) is 13. The molecule has 6 aromatic heterocycles. The number of nitrogens with one attached hydrogen (secondary N) is 7. The molecule has 108 heavy (non-hydrogen) atoms.